The fourth-order valence-electron chi connectivity index (χ4n) is 1.84. The first-order valence-electron chi connectivity index (χ1n) is 6.11. The van der Waals surface area contributed by atoms with Crippen LogP contribution in [-0.2, 0) is 0 Å². The van der Waals surface area contributed by atoms with Crippen molar-refractivity contribution in [3.8, 4) is 5.75 Å². The topological polar surface area (TPSA) is 46.5 Å². The molecule has 0 aliphatic rings. The molecule has 0 heterocycles. The van der Waals surface area contributed by atoms with E-state index < -0.39 is 5.97 Å². The van der Waals surface area contributed by atoms with Gasteiger partial charge in [-0.25, -0.2) is 4.79 Å². The van der Waals surface area contributed by atoms with Crippen LogP contribution in [0.1, 0.15) is 30.1 Å². The molecule has 94 valence electrons. The van der Waals surface area contributed by atoms with Crippen LogP contribution in [0.4, 0.5) is 0 Å². The molecule has 0 bridgehead atoms. The number of benzene rings is 2. The summed E-state index contributed by atoms with van der Waals surface area (Å²) in [5, 5.41) is 10.8. The summed E-state index contributed by atoms with van der Waals surface area (Å²) in [5.41, 5.74) is 0.299. The molecule has 2 aromatic rings. The Labute approximate surface area is 106 Å². The van der Waals surface area contributed by atoms with Gasteiger partial charge in [0.15, 0.2) is 0 Å². The van der Waals surface area contributed by atoms with Gasteiger partial charge in [-0.2, -0.15) is 0 Å². The van der Waals surface area contributed by atoms with Crippen molar-refractivity contribution in [2.24, 2.45) is 0 Å². The van der Waals surface area contributed by atoms with Crippen molar-refractivity contribution in [1.82, 2.24) is 0 Å². The molecule has 3 nitrogen and oxygen atoms in total. The molecule has 0 amide bonds. The molecule has 0 aromatic heterocycles. The first kappa shape index (κ1) is 12.4. The molecule has 0 fully saturated rings. The second-order valence-corrected chi connectivity index (χ2v) is 4.20. The number of rotatable bonds is 5. The van der Waals surface area contributed by atoms with Crippen LogP contribution in [0.2, 0.25) is 0 Å². The number of fused-ring (bicyclic) bond motifs is 1. The number of hydrogen-bond acceptors (Lipinski definition) is 2. The van der Waals surface area contributed by atoms with E-state index in [1.165, 1.54) is 0 Å². The predicted octanol–water partition coefficient (Wildman–Crippen LogP) is 3.72. The van der Waals surface area contributed by atoms with E-state index in [2.05, 4.69) is 6.92 Å². The zero-order chi connectivity index (χ0) is 13.0. The smallest absolute Gasteiger partial charge is 0.335 e. The highest BCUT2D eigenvalue weighted by atomic mass is 16.5. The largest absolute Gasteiger partial charge is 0.493 e. The lowest BCUT2D eigenvalue weighted by Gasteiger charge is -2.09. The first-order chi connectivity index (χ1) is 8.72. The van der Waals surface area contributed by atoms with Crippen LogP contribution < -0.4 is 4.74 Å². The van der Waals surface area contributed by atoms with Crippen LogP contribution in [0.25, 0.3) is 10.8 Å². The van der Waals surface area contributed by atoms with E-state index in [1.54, 1.807) is 18.2 Å². The van der Waals surface area contributed by atoms with Gasteiger partial charge in [-0.3, -0.25) is 0 Å². The number of ether oxygens (including phenoxy) is 1. The van der Waals surface area contributed by atoms with E-state index >= 15 is 0 Å². The van der Waals surface area contributed by atoms with Crippen molar-refractivity contribution < 1.29 is 14.6 Å². The number of carboxylic acids is 1. The predicted molar refractivity (Wildman–Crippen MR) is 71.3 cm³/mol. The Bertz CT molecular complexity index is 561. The minimum Gasteiger partial charge on any atom is -0.493 e. The van der Waals surface area contributed by atoms with Crippen molar-refractivity contribution in [2.75, 3.05) is 6.61 Å². The van der Waals surface area contributed by atoms with Gasteiger partial charge in [0.05, 0.1) is 12.2 Å². The number of carboxylic acid groups (broad SMARTS) is 1. The van der Waals surface area contributed by atoms with Gasteiger partial charge in [-0.05, 0) is 36.1 Å². The number of carbonyl (C=O) groups is 1. The second kappa shape index (κ2) is 5.54. The fraction of sp³-hybridized carbons (Fsp3) is 0.267. The Morgan fingerprint density at radius 3 is 2.83 bits per heavy atom. The lowest BCUT2D eigenvalue weighted by molar-refractivity contribution is 0.0697. The van der Waals surface area contributed by atoms with E-state index in [9.17, 15) is 4.79 Å². The van der Waals surface area contributed by atoms with Crippen LogP contribution in [-0.4, -0.2) is 17.7 Å². The van der Waals surface area contributed by atoms with Gasteiger partial charge in [0, 0.05) is 5.39 Å². The lowest BCUT2D eigenvalue weighted by atomic mass is 10.1. The molecule has 0 aliphatic carbocycles. The van der Waals surface area contributed by atoms with Crippen molar-refractivity contribution in [3.63, 3.8) is 0 Å². The Hall–Kier alpha value is -2.03. The zero-order valence-electron chi connectivity index (χ0n) is 10.3. The minimum absolute atomic E-state index is 0.299. The highest BCUT2D eigenvalue weighted by Gasteiger charge is 2.06. The zero-order valence-corrected chi connectivity index (χ0v) is 10.3. The summed E-state index contributed by atoms with van der Waals surface area (Å²) < 4.78 is 5.71. The van der Waals surface area contributed by atoms with Gasteiger partial charge in [-0.1, -0.05) is 25.5 Å². The van der Waals surface area contributed by atoms with Gasteiger partial charge >= 0.3 is 5.97 Å². The molecule has 3 heteroatoms. The number of aromatic carboxylic acids is 1. The Balaban J connectivity index is 2.34. The summed E-state index contributed by atoms with van der Waals surface area (Å²) in [6.07, 6.45) is 2.11. The van der Waals surface area contributed by atoms with E-state index in [1.807, 2.05) is 18.2 Å². The minimum atomic E-state index is -0.908. The maximum atomic E-state index is 10.9. The van der Waals surface area contributed by atoms with Gasteiger partial charge in [0.1, 0.15) is 5.75 Å². The summed E-state index contributed by atoms with van der Waals surface area (Å²) in [6.45, 7) is 2.81. The van der Waals surface area contributed by atoms with Gasteiger partial charge < -0.3 is 9.84 Å². The van der Waals surface area contributed by atoms with Crippen molar-refractivity contribution in [3.05, 3.63) is 42.0 Å². The van der Waals surface area contributed by atoms with Crippen LogP contribution in [0, 0.1) is 0 Å². The molecule has 2 aromatic carbocycles. The Morgan fingerprint density at radius 1 is 1.28 bits per heavy atom. The lowest BCUT2D eigenvalue weighted by Crippen LogP contribution is -1.98. The molecule has 2 rings (SSSR count). The van der Waals surface area contributed by atoms with Crippen LogP contribution in [0.3, 0.4) is 0 Å². The van der Waals surface area contributed by atoms with E-state index in [-0.39, 0.29) is 0 Å². The Morgan fingerprint density at radius 2 is 2.11 bits per heavy atom. The SMILES string of the molecule is CCCCOc1cccc2cc(C(=O)O)ccc12. The molecule has 0 unspecified atom stereocenters. The molecule has 0 saturated carbocycles. The first-order valence-corrected chi connectivity index (χ1v) is 6.11. The molecular formula is C15H16O3. The van der Waals surface area contributed by atoms with Gasteiger partial charge in [-0.15, -0.1) is 0 Å². The van der Waals surface area contributed by atoms with Crippen molar-refractivity contribution in [2.45, 2.75) is 19.8 Å². The molecule has 0 spiro atoms. The molecular weight excluding hydrogens is 228 g/mol. The summed E-state index contributed by atoms with van der Waals surface area (Å²) in [5.74, 6) is -0.0907. The molecule has 18 heavy (non-hydrogen) atoms. The maximum absolute atomic E-state index is 10.9. The van der Waals surface area contributed by atoms with Crippen molar-refractivity contribution >= 4 is 16.7 Å². The highest BCUT2D eigenvalue weighted by Crippen LogP contribution is 2.26. The number of unbranched alkanes of at least 4 members (excludes halogenated alkanes) is 1. The molecule has 0 atom stereocenters. The molecule has 0 radical (unpaired) electrons. The van der Waals surface area contributed by atoms with E-state index in [4.69, 9.17) is 9.84 Å². The quantitative estimate of drug-likeness (QED) is 0.815. The standard InChI is InChI=1S/C15H16O3/c1-2-3-9-18-14-6-4-5-11-10-12(15(16)17)7-8-13(11)14/h4-8,10H,2-3,9H2,1H3,(H,16,17). The Kier molecular flexibility index (Phi) is 3.82. The van der Waals surface area contributed by atoms with Crippen LogP contribution in [0.5, 0.6) is 5.75 Å². The average Bonchev–Trinajstić information content (AvgIpc) is 2.38. The maximum Gasteiger partial charge on any atom is 0.335 e. The number of hydrogen-bond donors (Lipinski definition) is 1. The van der Waals surface area contributed by atoms with Gasteiger partial charge in [0.25, 0.3) is 0 Å². The molecule has 0 saturated heterocycles. The fourth-order valence-corrected chi connectivity index (χ4v) is 1.84. The van der Waals surface area contributed by atoms with Gasteiger partial charge in [0.2, 0.25) is 0 Å². The third-order valence-electron chi connectivity index (χ3n) is 2.84. The summed E-state index contributed by atoms with van der Waals surface area (Å²) in [4.78, 5) is 10.9. The van der Waals surface area contributed by atoms with Crippen molar-refractivity contribution in [1.29, 1.82) is 0 Å². The highest BCUT2D eigenvalue weighted by molar-refractivity contribution is 5.96. The summed E-state index contributed by atoms with van der Waals surface area (Å²) in [6, 6.07) is 10.8. The van der Waals surface area contributed by atoms with E-state index in [0.717, 1.165) is 29.4 Å². The average molecular weight is 244 g/mol. The van der Waals surface area contributed by atoms with E-state index in [0.29, 0.717) is 12.2 Å². The monoisotopic (exact) mass is 244 g/mol. The molecule has 1 N–H and O–H groups in total. The summed E-state index contributed by atoms with van der Waals surface area (Å²) >= 11 is 0. The molecule has 0 aliphatic heterocycles. The van der Waals surface area contributed by atoms with Crippen LogP contribution >= 0.6 is 0 Å². The third kappa shape index (κ3) is 2.62. The normalized spacial score (nSPS) is 10.5. The third-order valence-corrected chi connectivity index (χ3v) is 2.84. The second-order valence-electron chi connectivity index (χ2n) is 4.20. The van der Waals surface area contributed by atoms with Crippen LogP contribution in [0.15, 0.2) is 36.4 Å². The summed E-state index contributed by atoms with van der Waals surface area (Å²) in [7, 11) is 0.